The number of carbonyl (C=O) groups is 2. The summed E-state index contributed by atoms with van der Waals surface area (Å²) >= 11 is 0. The van der Waals surface area contributed by atoms with E-state index in [1.807, 2.05) is 6.08 Å². The summed E-state index contributed by atoms with van der Waals surface area (Å²) in [6.45, 7) is 6.63. The predicted molar refractivity (Wildman–Crippen MR) is 110 cm³/mol. The number of amides is 1. The molecule has 7 nitrogen and oxygen atoms in total. The Kier molecular flexibility index (Phi) is 6.35. The number of carbonyl (C=O) groups excluding carboxylic acids is 2. The molecule has 30 heavy (non-hydrogen) atoms. The fourth-order valence-electron chi connectivity index (χ4n) is 5.25. The summed E-state index contributed by atoms with van der Waals surface area (Å²) in [5.41, 5.74) is -0.829. The standard InChI is InChI=1S/C23H35NO6/c1-4-5-6-7-8-13(2)11-14(3)9-10-16(25)24-15-12-23(30-22(15)27)20-18(28-20)17(26)19-21(23)29-19/h9-10,13-15,18-22,27H,4-8,11-12H2,1-3H3,(H,24,25)/b10-9+. The minimum Gasteiger partial charge on any atom is -0.366 e. The van der Waals surface area contributed by atoms with Crippen LogP contribution in [0.15, 0.2) is 12.2 Å². The van der Waals surface area contributed by atoms with E-state index in [1.165, 1.54) is 32.1 Å². The summed E-state index contributed by atoms with van der Waals surface area (Å²) < 4.78 is 16.8. The predicted octanol–water partition coefficient (Wildman–Crippen LogP) is 2.26. The molecule has 0 aromatic carbocycles. The first-order valence-electron chi connectivity index (χ1n) is 11.5. The van der Waals surface area contributed by atoms with Crippen LogP contribution in [0.1, 0.15) is 65.7 Å². The van der Waals surface area contributed by atoms with E-state index in [4.69, 9.17) is 14.2 Å². The Morgan fingerprint density at radius 3 is 2.60 bits per heavy atom. The average Bonchev–Trinajstić information content (AvgIpc) is 3.60. The van der Waals surface area contributed by atoms with Crippen molar-refractivity contribution in [3.8, 4) is 0 Å². The fraction of sp³-hybridized carbons (Fsp3) is 0.826. The molecule has 1 amide bonds. The van der Waals surface area contributed by atoms with Gasteiger partial charge in [0.1, 0.15) is 30.0 Å². The van der Waals surface area contributed by atoms with E-state index in [0.717, 1.165) is 6.42 Å². The average molecular weight is 422 g/mol. The van der Waals surface area contributed by atoms with Gasteiger partial charge in [0.05, 0.1) is 6.04 Å². The lowest BCUT2D eigenvalue weighted by atomic mass is 9.81. The molecule has 1 spiro atoms. The van der Waals surface area contributed by atoms with E-state index in [2.05, 4.69) is 26.1 Å². The molecule has 8 unspecified atom stereocenters. The molecule has 7 heteroatoms. The van der Waals surface area contributed by atoms with Gasteiger partial charge in [-0.25, -0.2) is 0 Å². The molecule has 8 atom stereocenters. The number of ketones is 1. The summed E-state index contributed by atoms with van der Waals surface area (Å²) in [7, 11) is 0. The molecule has 0 radical (unpaired) electrons. The van der Waals surface area contributed by atoms with Crippen molar-refractivity contribution in [3.63, 3.8) is 0 Å². The lowest BCUT2D eigenvalue weighted by Gasteiger charge is -2.26. The number of Topliss-reactive ketones (excluding diaryl/α,β-unsaturated/α-hetero) is 1. The molecule has 3 heterocycles. The largest absolute Gasteiger partial charge is 0.366 e. The van der Waals surface area contributed by atoms with Crippen molar-refractivity contribution in [3.05, 3.63) is 12.2 Å². The Labute approximate surface area is 178 Å². The Morgan fingerprint density at radius 1 is 1.23 bits per heavy atom. The van der Waals surface area contributed by atoms with Gasteiger partial charge < -0.3 is 24.6 Å². The number of epoxide rings is 2. The topological polar surface area (TPSA) is 101 Å². The van der Waals surface area contributed by atoms with E-state index in [0.29, 0.717) is 18.3 Å². The maximum Gasteiger partial charge on any atom is 0.244 e. The number of rotatable bonds is 10. The highest BCUT2D eigenvalue weighted by Crippen LogP contribution is 2.57. The number of hydrogen-bond donors (Lipinski definition) is 2. The molecule has 0 aromatic rings. The summed E-state index contributed by atoms with van der Waals surface area (Å²) in [6, 6.07) is -0.544. The molecular formula is C23H35NO6. The van der Waals surface area contributed by atoms with Crippen LogP contribution >= 0.6 is 0 Å². The van der Waals surface area contributed by atoms with Crippen molar-refractivity contribution in [2.75, 3.05) is 0 Å². The molecule has 1 saturated carbocycles. The van der Waals surface area contributed by atoms with Crippen LogP contribution in [-0.4, -0.2) is 59.1 Å². The molecule has 4 aliphatic rings. The third-order valence-corrected chi connectivity index (χ3v) is 6.96. The van der Waals surface area contributed by atoms with E-state index >= 15 is 0 Å². The molecule has 3 aliphatic heterocycles. The van der Waals surface area contributed by atoms with E-state index in [-0.39, 0.29) is 23.9 Å². The van der Waals surface area contributed by atoms with Gasteiger partial charge in [0.25, 0.3) is 0 Å². The molecule has 2 N–H and O–H groups in total. The van der Waals surface area contributed by atoms with E-state index in [9.17, 15) is 14.7 Å². The number of unbranched alkanes of at least 4 members (excludes halogenated alkanes) is 3. The van der Waals surface area contributed by atoms with Crippen molar-refractivity contribution in [1.82, 2.24) is 5.32 Å². The SMILES string of the molecule is CCCCCCC(C)CC(C)/C=C/C(=O)NC1CC2(OC1O)C1OC1C(=O)C1OC12. The molecule has 168 valence electrons. The molecule has 1 aliphatic carbocycles. The van der Waals surface area contributed by atoms with Crippen LogP contribution in [-0.2, 0) is 23.8 Å². The van der Waals surface area contributed by atoms with Crippen LogP contribution in [0.3, 0.4) is 0 Å². The fourth-order valence-corrected chi connectivity index (χ4v) is 5.25. The summed E-state index contributed by atoms with van der Waals surface area (Å²) in [5.74, 6) is 0.688. The zero-order chi connectivity index (χ0) is 21.5. The van der Waals surface area contributed by atoms with Crippen LogP contribution in [0.4, 0.5) is 0 Å². The van der Waals surface area contributed by atoms with Gasteiger partial charge in [0.15, 0.2) is 12.1 Å². The number of ether oxygens (including phenoxy) is 3. The molecule has 3 saturated heterocycles. The minimum absolute atomic E-state index is 0.0299. The van der Waals surface area contributed by atoms with Gasteiger partial charge in [-0.3, -0.25) is 9.59 Å². The quantitative estimate of drug-likeness (QED) is 0.319. The van der Waals surface area contributed by atoms with Crippen molar-refractivity contribution in [1.29, 1.82) is 0 Å². The van der Waals surface area contributed by atoms with Crippen molar-refractivity contribution < 1.29 is 28.9 Å². The van der Waals surface area contributed by atoms with Crippen molar-refractivity contribution in [2.45, 2.75) is 108 Å². The van der Waals surface area contributed by atoms with Gasteiger partial charge in [0, 0.05) is 6.42 Å². The van der Waals surface area contributed by atoms with Gasteiger partial charge >= 0.3 is 0 Å². The minimum atomic E-state index is -1.13. The van der Waals surface area contributed by atoms with Crippen LogP contribution in [0.5, 0.6) is 0 Å². The highest BCUT2D eigenvalue weighted by molar-refractivity contribution is 5.94. The maximum absolute atomic E-state index is 12.4. The summed E-state index contributed by atoms with van der Waals surface area (Å²) in [6.07, 6.45) is 8.45. The highest BCUT2D eigenvalue weighted by Gasteiger charge is 2.79. The Bertz CT molecular complexity index is 673. The van der Waals surface area contributed by atoms with Gasteiger partial charge in [-0.05, 0) is 24.3 Å². The molecular weight excluding hydrogens is 386 g/mol. The normalized spacial score (nSPS) is 40.9. The maximum atomic E-state index is 12.4. The second kappa shape index (κ2) is 8.69. The Morgan fingerprint density at radius 2 is 1.93 bits per heavy atom. The first kappa shape index (κ1) is 21.9. The van der Waals surface area contributed by atoms with Crippen molar-refractivity contribution in [2.24, 2.45) is 11.8 Å². The summed E-state index contributed by atoms with van der Waals surface area (Å²) in [4.78, 5) is 24.4. The lowest BCUT2D eigenvalue weighted by molar-refractivity contribution is -0.159. The Balaban J connectivity index is 1.22. The third-order valence-electron chi connectivity index (χ3n) is 6.96. The molecule has 4 rings (SSSR count). The monoisotopic (exact) mass is 421 g/mol. The number of fused-ring (bicyclic) bond motifs is 4. The Hall–Kier alpha value is -1.28. The summed E-state index contributed by atoms with van der Waals surface area (Å²) in [5, 5.41) is 13.2. The number of aliphatic hydroxyl groups is 1. The zero-order valence-corrected chi connectivity index (χ0v) is 18.2. The van der Waals surface area contributed by atoms with E-state index in [1.54, 1.807) is 6.08 Å². The van der Waals surface area contributed by atoms with Gasteiger partial charge in [0.2, 0.25) is 5.91 Å². The van der Waals surface area contributed by atoms with Crippen LogP contribution in [0.2, 0.25) is 0 Å². The molecule has 0 bridgehead atoms. The first-order chi connectivity index (χ1) is 14.4. The molecule has 0 aromatic heterocycles. The highest BCUT2D eigenvalue weighted by atomic mass is 16.7. The van der Waals surface area contributed by atoms with Gasteiger partial charge in [-0.15, -0.1) is 0 Å². The number of allylic oxidation sites excluding steroid dienone is 1. The smallest absolute Gasteiger partial charge is 0.244 e. The number of hydrogen-bond acceptors (Lipinski definition) is 6. The van der Waals surface area contributed by atoms with Crippen LogP contribution < -0.4 is 5.32 Å². The lowest BCUT2D eigenvalue weighted by Crippen LogP contribution is -2.49. The van der Waals surface area contributed by atoms with E-state index < -0.39 is 30.1 Å². The third kappa shape index (κ3) is 4.35. The van der Waals surface area contributed by atoms with Crippen molar-refractivity contribution >= 4 is 11.7 Å². The molecule has 4 fully saturated rings. The van der Waals surface area contributed by atoms with Gasteiger partial charge in [-0.1, -0.05) is 59.0 Å². The number of aliphatic hydroxyl groups excluding tert-OH is 1. The van der Waals surface area contributed by atoms with Gasteiger partial charge in [-0.2, -0.15) is 0 Å². The number of nitrogens with one attached hydrogen (secondary N) is 1. The van der Waals surface area contributed by atoms with Crippen LogP contribution in [0.25, 0.3) is 0 Å². The second-order valence-electron chi connectivity index (χ2n) is 9.67. The second-order valence-corrected chi connectivity index (χ2v) is 9.67. The zero-order valence-electron chi connectivity index (χ0n) is 18.2. The first-order valence-corrected chi connectivity index (χ1v) is 11.5. The van der Waals surface area contributed by atoms with Crippen LogP contribution in [0, 0.1) is 11.8 Å².